The second-order valence-electron chi connectivity index (χ2n) is 18.1. The van der Waals surface area contributed by atoms with Gasteiger partial charge in [0.2, 0.25) is 5.69 Å². The number of imide groups is 1. The van der Waals surface area contributed by atoms with Crippen LogP contribution >= 0.6 is 0 Å². The summed E-state index contributed by atoms with van der Waals surface area (Å²) in [7, 11) is -4.33. The third-order valence-corrected chi connectivity index (χ3v) is 13.2. The van der Waals surface area contributed by atoms with Crippen LogP contribution in [0.2, 0.25) is 0 Å². The van der Waals surface area contributed by atoms with E-state index in [4.69, 9.17) is 9.57 Å². The molecule has 11 nitrogen and oxygen atoms in total. The molecule has 1 N–H and O–H groups in total. The quantitative estimate of drug-likeness (QED) is 0.0649. The lowest BCUT2D eigenvalue weighted by Gasteiger charge is -2.40. The second-order valence-corrected chi connectivity index (χ2v) is 19.7. The third-order valence-electron chi connectivity index (χ3n) is 12.4. The molecule has 5 heterocycles. The highest BCUT2D eigenvalue weighted by Gasteiger charge is 2.53. The van der Waals surface area contributed by atoms with Crippen LogP contribution in [0.4, 0.5) is 28.9 Å². The van der Waals surface area contributed by atoms with Crippen LogP contribution in [0.15, 0.2) is 48.3 Å². The molecular formula is C46H54F4N3O8S+. The molecule has 0 saturated carbocycles. The number of nitrogens with zero attached hydrogens (tertiary/aromatic N) is 3. The van der Waals surface area contributed by atoms with Gasteiger partial charge < -0.3 is 14.5 Å². The average molecular weight is 885 g/mol. The monoisotopic (exact) mass is 884 g/mol. The molecule has 5 aliphatic rings. The van der Waals surface area contributed by atoms with Gasteiger partial charge in [-0.05, 0) is 87.6 Å². The second kappa shape index (κ2) is 17.4. The fraction of sp³-hybridized carbons (Fsp3) is 0.522. The van der Waals surface area contributed by atoms with Gasteiger partial charge in [0.1, 0.15) is 23.9 Å². The van der Waals surface area contributed by atoms with Gasteiger partial charge in [-0.3, -0.25) is 14.1 Å². The van der Waals surface area contributed by atoms with Crippen LogP contribution in [0.1, 0.15) is 126 Å². The maximum atomic E-state index is 15.3. The lowest BCUT2D eigenvalue weighted by atomic mass is 9.73. The number of allylic oxidation sites excluding steroid dienone is 6. The predicted molar refractivity (Wildman–Crippen MR) is 225 cm³/mol. The first kappa shape index (κ1) is 45.2. The van der Waals surface area contributed by atoms with Crippen molar-refractivity contribution in [3.63, 3.8) is 0 Å². The molecule has 7 rings (SSSR count). The maximum absolute atomic E-state index is 15.3. The highest BCUT2D eigenvalue weighted by atomic mass is 32.2. The molecule has 1 saturated heterocycles. The number of carbonyl (C=O) groups excluding carboxylic acids is 3. The molecule has 1 fully saturated rings. The van der Waals surface area contributed by atoms with Crippen molar-refractivity contribution in [2.45, 2.75) is 123 Å². The van der Waals surface area contributed by atoms with E-state index in [1.54, 1.807) is 23.7 Å². The van der Waals surface area contributed by atoms with Crippen molar-refractivity contribution in [3.8, 4) is 5.75 Å². The van der Waals surface area contributed by atoms with Crippen molar-refractivity contribution in [2.24, 2.45) is 5.41 Å². The fourth-order valence-electron chi connectivity index (χ4n) is 9.49. The summed E-state index contributed by atoms with van der Waals surface area (Å²) in [5.74, 6) is -2.00. The fourth-order valence-corrected chi connectivity index (χ4v) is 10.1. The van der Waals surface area contributed by atoms with E-state index >= 15 is 4.39 Å². The first-order valence-corrected chi connectivity index (χ1v) is 23.1. The summed E-state index contributed by atoms with van der Waals surface area (Å²) in [6.07, 6.45) is 7.41. The van der Waals surface area contributed by atoms with Crippen molar-refractivity contribution in [1.82, 2.24) is 5.06 Å². The zero-order valence-corrected chi connectivity index (χ0v) is 36.4. The molecule has 2 aromatic rings. The predicted octanol–water partition coefficient (Wildman–Crippen LogP) is 9.09. The summed E-state index contributed by atoms with van der Waals surface area (Å²) >= 11 is 0. The van der Waals surface area contributed by atoms with Gasteiger partial charge in [-0.25, -0.2) is 9.18 Å². The molecule has 334 valence electrons. The molecule has 0 aliphatic carbocycles. The Hall–Kier alpha value is -4.83. The summed E-state index contributed by atoms with van der Waals surface area (Å²) < 4.78 is 101. The molecule has 1 atom stereocenters. The summed E-state index contributed by atoms with van der Waals surface area (Å²) in [6, 6.07) is 3.78. The number of hydrogen-bond acceptors (Lipinski definition) is 8. The van der Waals surface area contributed by atoms with Crippen molar-refractivity contribution in [3.05, 3.63) is 81.9 Å². The number of benzene rings is 2. The SMILES string of the molecule is CC(C)(C)C1=CC(=CC=CC2=[N+](CCCCCC(=O)ON3C(=O)CCC3=O)c3cc(F)cc(C(F)(F)F)c3C2(C)CCCCS(=O)(=O)O)c2cc3c4c(c2O1)CCCN4CCC3. The highest BCUT2D eigenvalue weighted by Crippen LogP contribution is 2.51. The van der Waals surface area contributed by atoms with Crippen LogP contribution < -0.4 is 9.64 Å². The molecule has 62 heavy (non-hydrogen) atoms. The Morgan fingerprint density at radius 1 is 0.984 bits per heavy atom. The number of hydrogen-bond donors (Lipinski definition) is 1. The molecule has 0 bridgehead atoms. The third kappa shape index (κ3) is 9.41. The number of fused-ring (bicyclic) bond motifs is 3. The van der Waals surface area contributed by atoms with Gasteiger partial charge in [0.15, 0.2) is 5.71 Å². The summed E-state index contributed by atoms with van der Waals surface area (Å²) in [4.78, 5) is 43.7. The van der Waals surface area contributed by atoms with Crippen molar-refractivity contribution in [2.75, 3.05) is 30.3 Å². The number of unbranched alkanes of at least 4 members (excludes halogenated alkanes) is 3. The minimum absolute atomic E-state index is 0.0146. The minimum Gasteiger partial charge on any atom is -0.460 e. The Balaban J connectivity index is 1.27. The van der Waals surface area contributed by atoms with Crippen molar-refractivity contribution < 1.29 is 59.1 Å². The van der Waals surface area contributed by atoms with Crippen LogP contribution in [0.3, 0.4) is 0 Å². The number of halogens is 4. The van der Waals surface area contributed by atoms with Gasteiger partial charge >= 0.3 is 12.1 Å². The number of aryl methyl sites for hydroxylation is 1. The molecule has 2 amide bonds. The van der Waals surface area contributed by atoms with Crippen molar-refractivity contribution >= 4 is 50.6 Å². The molecule has 0 spiro atoms. The number of hydroxylamine groups is 2. The van der Waals surface area contributed by atoms with Crippen molar-refractivity contribution in [1.29, 1.82) is 0 Å². The first-order valence-electron chi connectivity index (χ1n) is 21.5. The lowest BCUT2D eigenvalue weighted by molar-refractivity contribution is -0.438. The number of amides is 2. The largest absolute Gasteiger partial charge is 0.460 e. The Labute approximate surface area is 359 Å². The van der Waals surface area contributed by atoms with Gasteiger partial charge in [0.25, 0.3) is 21.9 Å². The van der Waals surface area contributed by atoms with Crippen LogP contribution in [0.5, 0.6) is 5.75 Å². The van der Waals surface area contributed by atoms with E-state index in [2.05, 4.69) is 31.7 Å². The van der Waals surface area contributed by atoms with Crippen LogP contribution in [0.25, 0.3) is 5.57 Å². The number of carbonyl (C=O) groups is 3. The zero-order chi connectivity index (χ0) is 44.8. The topological polar surface area (TPSA) is 134 Å². The molecule has 1 unspecified atom stereocenters. The molecule has 5 aliphatic heterocycles. The van der Waals surface area contributed by atoms with E-state index in [1.165, 1.54) is 16.8 Å². The number of rotatable bonds is 14. The molecule has 0 radical (unpaired) electrons. The van der Waals surface area contributed by atoms with Gasteiger partial charge in [0, 0.05) is 73.1 Å². The van der Waals surface area contributed by atoms with Gasteiger partial charge in [0.05, 0.1) is 22.3 Å². The number of ether oxygens (including phenoxy) is 1. The van der Waals surface area contributed by atoms with E-state index < -0.39 is 56.6 Å². The van der Waals surface area contributed by atoms with E-state index in [0.717, 1.165) is 67.5 Å². The van der Waals surface area contributed by atoms with E-state index in [-0.39, 0.29) is 68.2 Å². The molecule has 2 aromatic carbocycles. The normalized spacial score (nSPS) is 20.8. The Bertz CT molecular complexity index is 2400. The van der Waals surface area contributed by atoms with Gasteiger partial charge in [-0.2, -0.15) is 26.2 Å². The summed E-state index contributed by atoms with van der Waals surface area (Å²) in [6.45, 7) is 9.99. The number of anilines is 1. The molecule has 16 heteroatoms. The first-order chi connectivity index (χ1) is 29.2. The Morgan fingerprint density at radius 3 is 2.37 bits per heavy atom. The van der Waals surface area contributed by atoms with E-state index in [9.17, 15) is 40.5 Å². The average Bonchev–Trinajstić information content (AvgIpc) is 3.62. The van der Waals surface area contributed by atoms with E-state index in [0.29, 0.717) is 29.7 Å². The summed E-state index contributed by atoms with van der Waals surface area (Å²) in [5, 5.41) is 0.479. The van der Waals surface area contributed by atoms with Gasteiger partial charge in [-0.1, -0.05) is 39.3 Å². The lowest BCUT2D eigenvalue weighted by Crippen LogP contribution is -2.35. The standard InChI is InChI=1S/C46H53F4N3O8S/c1-44(2,3)37-26-29(33-25-30-14-11-21-51-22-12-15-32(42(30)51)43(33)60-37)13-10-16-36-45(4,20-7-9-24-62(57,58)59)41-34(46(48,49)50)27-31(47)28-35(41)52(36)23-8-5-6-17-40(56)61-53-38(54)18-19-39(53)55/h10,13,16,25-28H,5-9,11-12,14-15,17-24H2,1-4H3/p+1. The Kier molecular flexibility index (Phi) is 12.7. The summed E-state index contributed by atoms with van der Waals surface area (Å²) in [5.41, 5.74) is 2.99. The van der Waals surface area contributed by atoms with Crippen LogP contribution in [-0.4, -0.2) is 71.5 Å². The number of alkyl halides is 3. The minimum atomic E-state index is -4.93. The zero-order valence-electron chi connectivity index (χ0n) is 35.6. The van der Waals surface area contributed by atoms with E-state index in [1.807, 2.05) is 12.2 Å². The van der Waals surface area contributed by atoms with Gasteiger partial charge in [-0.15, -0.1) is 5.06 Å². The maximum Gasteiger partial charge on any atom is 0.417 e. The van der Waals surface area contributed by atoms with Crippen LogP contribution in [-0.2, 0) is 53.8 Å². The Morgan fingerprint density at radius 2 is 1.69 bits per heavy atom. The highest BCUT2D eigenvalue weighted by molar-refractivity contribution is 7.85. The smallest absolute Gasteiger partial charge is 0.417 e. The molecule has 0 aromatic heterocycles. The van der Waals surface area contributed by atoms with Crippen LogP contribution in [0, 0.1) is 11.2 Å². The molecular weight excluding hydrogens is 831 g/mol.